The van der Waals surface area contributed by atoms with E-state index in [1.54, 1.807) is 24.3 Å². The molecule has 0 aliphatic carbocycles. The Balaban J connectivity index is 1.59. The SMILES string of the molecule is O=C(Nc1ccc(CC(=O)N2CCOCC2)cc1)c1ccc(Cl)c(Cl)c1. The van der Waals surface area contributed by atoms with Crippen molar-refractivity contribution in [1.29, 1.82) is 0 Å². The summed E-state index contributed by atoms with van der Waals surface area (Å²) in [4.78, 5) is 26.3. The third-order valence-corrected chi connectivity index (χ3v) is 4.85. The fourth-order valence-corrected chi connectivity index (χ4v) is 2.94. The van der Waals surface area contributed by atoms with Gasteiger partial charge in [0.1, 0.15) is 0 Å². The van der Waals surface area contributed by atoms with Gasteiger partial charge in [-0.1, -0.05) is 35.3 Å². The molecule has 2 aromatic carbocycles. The molecule has 136 valence electrons. The number of carbonyl (C=O) groups excluding carboxylic acids is 2. The summed E-state index contributed by atoms with van der Waals surface area (Å²) in [6, 6.07) is 11.9. The van der Waals surface area contributed by atoms with E-state index in [-0.39, 0.29) is 11.8 Å². The summed E-state index contributed by atoms with van der Waals surface area (Å²) in [6.07, 6.45) is 0.334. The van der Waals surface area contributed by atoms with Crippen LogP contribution in [0.4, 0.5) is 5.69 Å². The average molecular weight is 393 g/mol. The second kappa shape index (κ2) is 8.54. The molecule has 0 atom stereocenters. The second-order valence-corrected chi connectivity index (χ2v) is 6.76. The lowest BCUT2D eigenvalue weighted by Gasteiger charge is -2.26. The normalized spacial score (nSPS) is 14.2. The fourth-order valence-electron chi connectivity index (χ4n) is 2.65. The Kier molecular flexibility index (Phi) is 6.14. The van der Waals surface area contributed by atoms with E-state index in [1.165, 1.54) is 6.07 Å². The number of ether oxygens (including phenoxy) is 1. The first-order valence-corrected chi connectivity index (χ1v) is 8.99. The smallest absolute Gasteiger partial charge is 0.255 e. The Hall–Kier alpha value is -2.08. The molecule has 1 heterocycles. The van der Waals surface area contributed by atoms with Gasteiger partial charge in [0.05, 0.1) is 29.7 Å². The Morgan fingerprint density at radius 3 is 2.35 bits per heavy atom. The van der Waals surface area contributed by atoms with Crippen LogP contribution >= 0.6 is 23.2 Å². The third-order valence-electron chi connectivity index (χ3n) is 4.11. The van der Waals surface area contributed by atoms with Crippen molar-refractivity contribution >= 4 is 40.7 Å². The van der Waals surface area contributed by atoms with Crippen molar-refractivity contribution in [2.45, 2.75) is 6.42 Å². The number of carbonyl (C=O) groups is 2. The Morgan fingerprint density at radius 2 is 1.69 bits per heavy atom. The van der Waals surface area contributed by atoms with Gasteiger partial charge in [-0.25, -0.2) is 0 Å². The minimum absolute atomic E-state index is 0.0842. The molecule has 3 rings (SSSR count). The van der Waals surface area contributed by atoms with Gasteiger partial charge in [0.15, 0.2) is 0 Å². The highest BCUT2D eigenvalue weighted by atomic mass is 35.5. The van der Waals surface area contributed by atoms with E-state index in [0.29, 0.717) is 54.0 Å². The molecule has 1 fully saturated rings. The molecule has 0 spiro atoms. The van der Waals surface area contributed by atoms with Gasteiger partial charge in [-0.2, -0.15) is 0 Å². The monoisotopic (exact) mass is 392 g/mol. The number of hydrogen-bond donors (Lipinski definition) is 1. The van der Waals surface area contributed by atoms with E-state index in [2.05, 4.69) is 5.32 Å². The summed E-state index contributed by atoms with van der Waals surface area (Å²) in [5.74, 6) is -0.193. The average Bonchev–Trinajstić information content (AvgIpc) is 2.66. The van der Waals surface area contributed by atoms with E-state index >= 15 is 0 Å². The minimum atomic E-state index is -0.277. The van der Waals surface area contributed by atoms with Crippen LogP contribution in [0.1, 0.15) is 15.9 Å². The Bertz CT molecular complexity index is 803. The van der Waals surface area contributed by atoms with Crippen molar-refractivity contribution in [2.24, 2.45) is 0 Å². The van der Waals surface area contributed by atoms with Gasteiger partial charge in [-0.15, -0.1) is 0 Å². The molecule has 1 aliphatic heterocycles. The van der Waals surface area contributed by atoms with E-state index in [0.717, 1.165) is 5.56 Å². The highest BCUT2D eigenvalue weighted by Gasteiger charge is 2.17. The summed E-state index contributed by atoms with van der Waals surface area (Å²) in [7, 11) is 0. The van der Waals surface area contributed by atoms with Gasteiger partial charge in [0.25, 0.3) is 5.91 Å². The predicted octanol–water partition coefficient (Wildman–Crippen LogP) is 3.65. The molecule has 0 unspecified atom stereocenters. The summed E-state index contributed by atoms with van der Waals surface area (Å²) in [5, 5.41) is 3.53. The van der Waals surface area contributed by atoms with E-state index in [4.69, 9.17) is 27.9 Å². The number of amides is 2. The lowest BCUT2D eigenvalue weighted by molar-refractivity contribution is -0.134. The van der Waals surface area contributed by atoms with E-state index in [1.807, 2.05) is 17.0 Å². The van der Waals surface area contributed by atoms with Crippen LogP contribution in [0.15, 0.2) is 42.5 Å². The van der Waals surface area contributed by atoms with Crippen molar-refractivity contribution in [3.05, 3.63) is 63.6 Å². The molecule has 0 saturated carbocycles. The highest BCUT2D eigenvalue weighted by Crippen LogP contribution is 2.23. The van der Waals surface area contributed by atoms with Crippen molar-refractivity contribution in [2.75, 3.05) is 31.6 Å². The summed E-state index contributed by atoms with van der Waals surface area (Å²) < 4.78 is 5.25. The summed E-state index contributed by atoms with van der Waals surface area (Å²) in [5.41, 5.74) is 1.96. The molecule has 5 nitrogen and oxygen atoms in total. The molecule has 0 radical (unpaired) electrons. The molecular weight excluding hydrogens is 375 g/mol. The maximum Gasteiger partial charge on any atom is 0.255 e. The van der Waals surface area contributed by atoms with E-state index in [9.17, 15) is 9.59 Å². The maximum atomic E-state index is 12.3. The molecule has 7 heteroatoms. The van der Waals surface area contributed by atoms with Crippen molar-refractivity contribution in [3.8, 4) is 0 Å². The van der Waals surface area contributed by atoms with E-state index < -0.39 is 0 Å². The molecule has 2 aromatic rings. The minimum Gasteiger partial charge on any atom is -0.378 e. The number of nitrogens with one attached hydrogen (secondary N) is 1. The van der Waals surface area contributed by atoms with Gasteiger partial charge in [0.2, 0.25) is 5.91 Å². The van der Waals surface area contributed by atoms with Crippen LogP contribution in [0.5, 0.6) is 0 Å². The largest absolute Gasteiger partial charge is 0.378 e. The standard InChI is InChI=1S/C19H18Cl2N2O3/c20-16-6-3-14(12-17(16)21)19(25)22-15-4-1-13(2-5-15)11-18(24)23-7-9-26-10-8-23/h1-6,12H,7-11H2,(H,22,25). The first kappa shape index (κ1) is 18.7. The lowest BCUT2D eigenvalue weighted by Crippen LogP contribution is -2.41. The number of hydrogen-bond acceptors (Lipinski definition) is 3. The van der Waals surface area contributed by atoms with Crippen LogP contribution in [0.25, 0.3) is 0 Å². The van der Waals surface area contributed by atoms with Crippen LogP contribution in [-0.2, 0) is 16.0 Å². The van der Waals surface area contributed by atoms with Gasteiger partial charge in [0, 0.05) is 24.3 Å². The van der Waals surface area contributed by atoms with Crippen molar-refractivity contribution in [3.63, 3.8) is 0 Å². The summed E-state index contributed by atoms with van der Waals surface area (Å²) in [6.45, 7) is 2.45. The topological polar surface area (TPSA) is 58.6 Å². The van der Waals surface area contributed by atoms with Crippen molar-refractivity contribution < 1.29 is 14.3 Å². The molecule has 1 aliphatic rings. The first-order valence-electron chi connectivity index (χ1n) is 8.24. The number of nitrogens with zero attached hydrogens (tertiary/aromatic N) is 1. The van der Waals surface area contributed by atoms with Crippen LogP contribution < -0.4 is 5.32 Å². The van der Waals surface area contributed by atoms with Gasteiger partial charge >= 0.3 is 0 Å². The molecule has 2 amide bonds. The molecule has 0 bridgehead atoms. The number of morpholine rings is 1. The Labute approximate surface area is 161 Å². The quantitative estimate of drug-likeness (QED) is 0.863. The summed E-state index contributed by atoms with van der Waals surface area (Å²) >= 11 is 11.8. The molecule has 1 saturated heterocycles. The van der Waals surface area contributed by atoms with Gasteiger partial charge in [-0.3, -0.25) is 9.59 Å². The van der Waals surface area contributed by atoms with Crippen LogP contribution in [0.2, 0.25) is 10.0 Å². The molecule has 1 N–H and O–H groups in total. The van der Waals surface area contributed by atoms with Gasteiger partial charge in [-0.05, 0) is 35.9 Å². The predicted molar refractivity (Wildman–Crippen MR) is 102 cm³/mol. The molecule has 0 aromatic heterocycles. The number of rotatable bonds is 4. The number of halogens is 2. The van der Waals surface area contributed by atoms with Crippen LogP contribution in [0.3, 0.4) is 0 Å². The molecular formula is C19H18Cl2N2O3. The molecule has 26 heavy (non-hydrogen) atoms. The maximum absolute atomic E-state index is 12.3. The van der Waals surface area contributed by atoms with Gasteiger partial charge < -0.3 is 15.0 Å². The van der Waals surface area contributed by atoms with Crippen LogP contribution in [0, 0.1) is 0 Å². The first-order chi connectivity index (χ1) is 12.5. The zero-order chi connectivity index (χ0) is 18.5. The highest BCUT2D eigenvalue weighted by molar-refractivity contribution is 6.42. The zero-order valence-corrected chi connectivity index (χ0v) is 15.5. The van der Waals surface area contributed by atoms with Crippen LogP contribution in [-0.4, -0.2) is 43.0 Å². The fraction of sp³-hybridized carbons (Fsp3) is 0.263. The Morgan fingerprint density at radius 1 is 1.00 bits per heavy atom. The third kappa shape index (κ3) is 4.75. The number of benzene rings is 2. The zero-order valence-electron chi connectivity index (χ0n) is 14.0. The van der Waals surface area contributed by atoms with Crippen molar-refractivity contribution in [1.82, 2.24) is 4.90 Å². The lowest BCUT2D eigenvalue weighted by atomic mass is 10.1. The second-order valence-electron chi connectivity index (χ2n) is 5.95. The number of anilines is 1.